The molecule has 2 heterocycles. The average molecular weight is 399 g/mol. The van der Waals surface area contributed by atoms with E-state index in [1.807, 2.05) is 11.4 Å². The van der Waals surface area contributed by atoms with Crippen molar-refractivity contribution in [1.29, 1.82) is 0 Å². The maximum atomic E-state index is 12.2. The summed E-state index contributed by atoms with van der Waals surface area (Å²) in [4.78, 5) is 35.2. The molecule has 2 N–H and O–H groups in total. The van der Waals surface area contributed by atoms with E-state index < -0.39 is 10.8 Å². The average Bonchev–Trinajstić information content (AvgIpc) is 3.39. The summed E-state index contributed by atoms with van der Waals surface area (Å²) in [6.07, 6.45) is 0.556. The summed E-state index contributed by atoms with van der Waals surface area (Å²) in [6, 6.07) is 12.7. The van der Waals surface area contributed by atoms with Crippen molar-refractivity contribution in [2.24, 2.45) is 0 Å². The van der Waals surface area contributed by atoms with E-state index in [1.54, 1.807) is 24.3 Å². The minimum atomic E-state index is -0.498. The quantitative estimate of drug-likeness (QED) is 0.342. The van der Waals surface area contributed by atoms with Crippen LogP contribution in [-0.4, -0.2) is 29.8 Å². The summed E-state index contributed by atoms with van der Waals surface area (Å²) < 4.78 is 5.48. The summed E-state index contributed by atoms with van der Waals surface area (Å²) in [7, 11) is 0. The molecule has 0 aliphatic carbocycles. The molecule has 3 rings (SSSR count). The van der Waals surface area contributed by atoms with E-state index in [4.69, 9.17) is 4.42 Å². The maximum Gasteiger partial charge on any atom is 0.287 e. The largest absolute Gasteiger partial charge is 0.451 e. The molecule has 2 amide bonds. The highest BCUT2D eigenvalue weighted by atomic mass is 32.1. The Kier molecular flexibility index (Phi) is 6.18. The lowest BCUT2D eigenvalue weighted by Gasteiger charge is -2.05. The fraction of sp³-hybridized carbons (Fsp3) is 0.158. The lowest BCUT2D eigenvalue weighted by Crippen LogP contribution is -2.29. The molecule has 0 spiro atoms. The van der Waals surface area contributed by atoms with Crippen LogP contribution >= 0.6 is 11.3 Å². The van der Waals surface area contributed by atoms with E-state index in [0.29, 0.717) is 30.0 Å². The van der Waals surface area contributed by atoms with Crippen LogP contribution in [0.15, 0.2) is 58.3 Å². The zero-order valence-corrected chi connectivity index (χ0v) is 15.5. The first-order valence-corrected chi connectivity index (χ1v) is 9.38. The minimum Gasteiger partial charge on any atom is -0.451 e. The number of nitrogens with one attached hydrogen (secondary N) is 2. The van der Waals surface area contributed by atoms with Crippen molar-refractivity contribution in [1.82, 2.24) is 10.6 Å². The topological polar surface area (TPSA) is 114 Å². The van der Waals surface area contributed by atoms with Gasteiger partial charge in [-0.3, -0.25) is 19.7 Å². The molecule has 1 aromatic carbocycles. The Morgan fingerprint density at radius 3 is 2.46 bits per heavy atom. The van der Waals surface area contributed by atoms with Crippen molar-refractivity contribution in [2.45, 2.75) is 6.42 Å². The maximum absolute atomic E-state index is 12.2. The molecule has 3 aromatic rings. The molecule has 0 aliphatic rings. The molecular formula is C19H17N3O5S. The molecule has 28 heavy (non-hydrogen) atoms. The third kappa shape index (κ3) is 4.63. The van der Waals surface area contributed by atoms with Gasteiger partial charge in [-0.1, -0.05) is 18.2 Å². The van der Waals surface area contributed by atoms with Gasteiger partial charge in [-0.05, 0) is 36.1 Å². The first kappa shape index (κ1) is 19.3. The molecule has 0 unspecified atom stereocenters. The van der Waals surface area contributed by atoms with Gasteiger partial charge in [0.15, 0.2) is 5.76 Å². The lowest BCUT2D eigenvalue weighted by molar-refractivity contribution is -0.384. The van der Waals surface area contributed by atoms with Gasteiger partial charge in [0.2, 0.25) is 0 Å². The van der Waals surface area contributed by atoms with Crippen molar-refractivity contribution in [3.8, 4) is 11.3 Å². The number of hydrogen-bond acceptors (Lipinski definition) is 6. The third-order valence-electron chi connectivity index (χ3n) is 3.87. The normalized spacial score (nSPS) is 10.4. The second-order valence-electron chi connectivity index (χ2n) is 5.78. The number of benzene rings is 1. The summed E-state index contributed by atoms with van der Waals surface area (Å²) >= 11 is 1.36. The smallest absolute Gasteiger partial charge is 0.287 e. The van der Waals surface area contributed by atoms with Crippen LogP contribution in [0.4, 0.5) is 5.69 Å². The van der Waals surface area contributed by atoms with Crippen LogP contribution in [-0.2, 0) is 0 Å². The fourth-order valence-electron chi connectivity index (χ4n) is 2.52. The van der Waals surface area contributed by atoms with Gasteiger partial charge in [0.1, 0.15) is 5.76 Å². The number of nitro groups is 1. The van der Waals surface area contributed by atoms with Gasteiger partial charge in [-0.15, -0.1) is 11.3 Å². The molecule has 144 valence electrons. The number of nitrogens with zero attached hydrogens (tertiary/aromatic N) is 1. The number of amides is 2. The Balaban J connectivity index is 1.50. The Morgan fingerprint density at radius 1 is 1.00 bits per heavy atom. The monoisotopic (exact) mass is 399 g/mol. The molecule has 2 aromatic heterocycles. The van der Waals surface area contributed by atoms with Gasteiger partial charge in [-0.2, -0.15) is 0 Å². The molecular weight excluding hydrogens is 382 g/mol. The second-order valence-corrected chi connectivity index (χ2v) is 6.73. The molecule has 0 fully saturated rings. The number of hydrogen-bond donors (Lipinski definition) is 2. The summed E-state index contributed by atoms with van der Waals surface area (Å²) in [5, 5.41) is 18.4. The number of para-hydroxylation sites is 1. The number of nitro benzene ring substituents is 1. The summed E-state index contributed by atoms with van der Waals surface area (Å²) in [6.45, 7) is 0.779. The number of carbonyl (C=O) groups is 2. The molecule has 0 aliphatic heterocycles. The van der Waals surface area contributed by atoms with Crippen LogP contribution in [0.25, 0.3) is 11.3 Å². The van der Waals surface area contributed by atoms with Crippen LogP contribution in [0.1, 0.15) is 26.6 Å². The van der Waals surface area contributed by atoms with E-state index in [1.165, 1.54) is 29.5 Å². The van der Waals surface area contributed by atoms with E-state index in [2.05, 4.69) is 10.6 Å². The highest BCUT2D eigenvalue weighted by molar-refractivity contribution is 7.12. The predicted molar refractivity (Wildman–Crippen MR) is 104 cm³/mol. The van der Waals surface area contributed by atoms with Crippen LogP contribution in [0.3, 0.4) is 0 Å². The Labute approximate surface area is 164 Å². The van der Waals surface area contributed by atoms with Gasteiger partial charge >= 0.3 is 0 Å². The van der Waals surface area contributed by atoms with Crippen molar-refractivity contribution < 1.29 is 18.9 Å². The standard InChI is InChI=1S/C19H17N3O5S/c23-18(20-10-4-11-21-19(24)17-7-3-12-28-17)16-9-8-15(27-16)13-5-1-2-6-14(13)22(25)26/h1-3,5-9,12H,4,10-11H2,(H,20,23)(H,21,24). The minimum absolute atomic E-state index is 0.0655. The van der Waals surface area contributed by atoms with Gasteiger partial charge in [0, 0.05) is 19.2 Å². The van der Waals surface area contributed by atoms with Gasteiger partial charge in [0.25, 0.3) is 17.5 Å². The van der Waals surface area contributed by atoms with Crippen LogP contribution < -0.4 is 10.6 Å². The zero-order chi connectivity index (χ0) is 19.9. The molecule has 8 nitrogen and oxygen atoms in total. The molecule has 9 heteroatoms. The number of furan rings is 1. The first-order chi connectivity index (χ1) is 13.6. The first-order valence-electron chi connectivity index (χ1n) is 8.50. The van der Waals surface area contributed by atoms with Gasteiger partial charge < -0.3 is 15.1 Å². The van der Waals surface area contributed by atoms with Crippen molar-refractivity contribution in [3.63, 3.8) is 0 Å². The molecule has 0 saturated carbocycles. The van der Waals surface area contributed by atoms with Crippen LogP contribution in [0.5, 0.6) is 0 Å². The number of thiophene rings is 1. The predicted octanol–water partition coefficient (Wildman–Crippen LogP) is 3.47. The highest BCUT2D eigenvalue weighted by Crippen LogP contribution is 2.30. The van der Waals surface area contributed by atoms with Gasteiger partial charge in [-0.25, -0.2) is 0 Å². The van der Waals surface area contributed by atoms with E-state index in [9.17, 15) is 19.7 Å². The third-order valence-corrected chi connectivity index (χ3v) is 4.73. The molecule has 0 saturated heterocycles. The molecule has 0 radical (unpaired) electrons. The van der Waals surface area contributed by atoms with Crippen molar-refractivity contribution >= 4 is 28.8 Å². The fourth-order valence-corrected chi connectivity index (χ4v) is 3.16. The number of rotatable bonds is 8. The SMILES string of the molecule is O=C(NCCCNC(=O)c1cccs1)c1ccc(-c2ccccc2[N+](=O)[O-])o1. The highest BCUT2D eigenvalue weighted by Gasteiger charge is 2.19. The van der Waals surface area contributed by atoms with E-state index in [0.717, 1.165) is 0 Å². The van der Waals surface area contributed by atoms with E-state index in [-0.39, 0.29) is 23.1 Å². The lowest BCUT2D eigenvalue weighted by atomic mass is 10.1. The number of carbonyl (C=O) groups excluding carboxylic acids is 2. The second kappa shape index (κ2) is 8.96. The molecule has 0 atom stereocenters. The Bertz CT molecular complexity index is 981. The summed E-state index contributed by atoms with van der Waals surface area (Å²) in [5.74, 6) is -0.243. The zero-order valence-electron chi connectivity index (χ0n) is 14.7. The van der Waals surface area contributed by atoms with Crippen LogP contribution in [0, 0.1) is 10.1 Å². The Hall–Kier alpha value is -3.46. The van der Waals surface area contributed by atoms with Crippen LogP contribution in [0.2, 0.25) is 0 Å². The summed E-state index contributed by atoms with van der Waals surface area (Å²) in [5.41, 5.74) is 0.216. The van der Waals surface area contributed by atoms with Crippen molar-refractivity contribution in [2.75, 3.05) is 13.1 Å². The van der Waals surface area contributed by atoms with Gasteiger partial charge in [0.05, 0.1) is 15.4 Å². The molecule has 0 bridgehead atoms. The van der Waals surface area contributed by atoms with E-state index >= 15 is 0 Å². The Morgan fingerprint density at radius 2 is 1.75 bits per heavy atom. The van der Waals surface area contributed by atoms with Crippen molar-refractivity contribution in [3.05, 3.63) is 74.7 Å².